The van der Waals surface area contributed by atoms with Crippen LogP contribution in [0.15, 0.2) is 30.3 Å². The molecule has 5 heteroatoms. The third-order valence-electron chi connectivity index (χ3n) is 5.44. The van der Waals surface area contributed by atoms with E-state index in [1.54, 1.807) is 0 Å². The van der Waals surface area contributed by atoms with Gasteiger partial charge in [-0.25, -0.2) is 4.98 Å². The first-order chi connectivity index (χ1) is 12.7. The van der Waals surface area contributed by atoms with Gasteiger partial charge < -0.3 is 15.0 Å². The number of rotatable bonds is 4. The average Bonchev–Trinajstić information content (AvgIpc) is 3.19. The molecule has 0 radical (unpaired) electrons. The van der Waals surface area contributed by atoms with E-state index in [9.17, 15) is 4.79 Å². The Labute approximate surface area is 154 Å². The van der Waals surface area contributed by atoms with E-state index in [0.717, 1.165) is 49.3 Å². The molecule has 5 nitrogen and oxygen atoms in total. The number of hydrogen-bond donors (Lipinski definition) is 1. The summed E-state index contributed by atoms with van der Waals surface area (Å²) in [7, 11) is 0. The monoisotopic (exact) mass is 353 g/mol. The number of hydrogen-bond acceptors (Lipinski definition) is 4. The van der Waals surface area contributed by atoms with Crippen molar-refractivity contribution in [2.45, 2.75) is 38.7 Å². The van der Waals surface area contributed by atoms with E-state index in [1.807, 2.05) is 30.3 Å². The normalized spacial score (nSPS) is 23.3. The highest BCUT2D eigenvalue weighted by Crippen LogP contribution is 2.26. The van der Waals surface area contributed by atoms with Crippen molar-refractivity contribution in [2.75, 3.05) is 31.1 Å². The summed E-state index contributed by atoms with van der Waals surface area (Å²) in [6.45, 7) is 5.67. The van der Waals surface area contributed by atoms with Gasteiger partial charge in [0.25, 0.3) is 5.91 Å². The second-order valence-electron chi connectivity index (χ2n) is 7.58. The highest BCUT2D eigenvalue weighted by atomic mass is 16.5. The van der Waals surface area contributed by atoms with Crippen LogP contribution in [0.4, 0.5) is 5.82 Å². The predicted molar refractivity (Wildman–Crippen MR) is 104 cm³/mol. The van der Waals surface area contributed by atoms with Gasteiger partial charge in [0.15, 0.2) is 0 Å². The summed E-state index contributed by atoms with van der Waals surface area (Å²) in [5.41, 5.74) is 1.59. The van der Waals surface area contributed by atoms with Crippen LogP contribution in [0.1, 0.15) is 43.0 Å². The lowest BCUT2D eigenvalue weighted by molar-refractivity contribution is 0.0859. The maximum atomic E-state index is 12.9. The second-order valence-corrected chi connectivity index (χ2v) is 7.58. The minimum atomic E-state index is -0.0367. The molecule has 2 aliphatic rings. The highest BCUT2D eigenvalue weighted by Gasteiger charge is 2.22. The smallest absolute Gasteiger partial charge is 0.252 e. The molecule has 1 aromatic carbocycles. The lowest BCUT2D eigenvalue weighted by Gasteiger charge is -2.32. The van der Waals surface area contributed by atoms with E-state index in [4.69, 9.17) is 9.72 Å². The molecule has 26 heavy (non-hydrogen) atoms. The van der Waals surface area contributed by atoms with E-state index >= 15 is 0 Å². The van der Waals surface area contributed by atoms with Crippen molar-refractivity contribution in [3.05, 3.63) is 35.9 Å². The molecule has 1 amide bonds. The van der Waals surface area contributed by atoms with Gasteiger partial charge in [-0.05, 0) is 43.7 Å². The van der Waals surface area contributed by atoms with E-state index in [0.29, 0.717) is 18.0 Å². The number of aromatic nitrogens is 1. The van der Waals surface area contributed by atoms with Gasteiger partial charge in [0.2, 0.25) is 0 Å². The molecule has 1 N–H and O–H groups in total. The van der Waals surface area contributed by atoms with Crippen LogP contribution in [0.3, 0.4) is 0 Å². The van der Waals surface area contributed by atoms with Gasteiger partial charge in [-0.15, -0.1) is 0 Å². The number of carbonyl (C=O) groups is 1. The van der Waals surface area contributed by atoms with E-state index in [2.05, 4.69) is 17.1 Å². The quantitative estimate of drug-likeness (QED) is 0.915. The number of piperidine rings is 1. The Bertz CT molecular complexity index is 786. The van der Waals surface area contributed by atoms with Crippen molar-refractivity contribution < 1.29 is 9.53 Å². The number of anilines is 1. The number of benzene rings is 1. The third kappa shape index (κ3) is 3.68. The molecule has 0 bridgehead atoms. The van der Waals surface area contributed by atoms with Crippen molar-refractivity contribution in [3.8, 4) is 0 Å². The molecule has 2 atom stereocenters. The van der Waals surface area contributed by atoms with Gasteiger partial charge >= 0.3 is 0 Å². The Morgan fingerprint density at radius 1 is 1.31 bits per heavy atom. The Morgan fingerprint density at radius 2 is 2.19 bits per heavy atom. The van der Waals surface area contributed by atoms with Gasteiger partial charge in [0.1, 0.15) is 5.82 Å². The Kier molecular flexibility index (Phi) is 5.07. The summed E-state index contributed by atoms with van der Waals surface area (Å²) in [5, 5.41) is 3.97. The van der Waals surface area contributed by atoms with Crippen molar-refractivity contribution in [3.63, 3.8) is 0 Å². The van der Waals surface area contributed by atoms with Crippen molar-refractivity contribution in [2.24, 2.45) is 5.92 Å². The molecule has 2 aromatic rings. The number of nitrogens with zero attached hydrogens (tertiary/aromatic N) is 2. The number of nitrogens with one attached hydrogen (secondary N) is 1. The fourth-order valence-corrected chi connectivity index (χ4v) is 4.02. The topological polar surface area (TPSA) is 54.5 Å². The summed E-state index contributed by atoms with van der Waals surface area (Å²) in [5.74, 6) is 1.54. The van der Waals surface area contributed by atoms with Gasteiger partial charge in [-0.3, -0.25) is 4.79 Å². The molecule has 2 fully saturated rings. The summed E-state index contributed by atoms with van der Waals surface area (Å²) < 4.78 is 5.62. The maximum absolute atomic E-state index is 12.9. The fourth-order valence-electron chi connectivity index (χ4n) is 4.02. The van der Waals surface area contributed by atoms with Crippen LogP contribution in [0.2, 0.25) is 0 Å². The van der Waals surface area contributed by atoms with E-state index < -0.39 is 0 Å². The van der Waals surface area contributed by atoms with Crippen LogP contribution < -0.4 is 10.2 Å². The molecular formula is C21H27N3O2. The van der Waals surface area contributed by atoms with Gasteiger partial charge in [-0.2, -0.15) is 0 Å². The lowest BCUT2D eigenvalue weighted by Crippen LogP contribution is -2.35. The molecule has 0 spiro atoms. The SMILES string of the molecule is CC1CCCN(c2cc(C(=O)NCC3CCCO3)c3ccccc3n2)C1. The van der Waals surface area contributed by atoms with Gasteiger partial charge in [0, 0.05) is 31.6 Å². The number of fused-ring (bicyclic) bond motifs is 1. The minimum Gasteiger partial charge on any atom is -0.376 e. The first-order valence-electron chi connectivity index (χ1n) is 9.75. The molecule has 2 saturated heterocycles. The lowest BCUT2D eigenvalue weighted by atomic mass is 10.00. The maximum Gasteiger partial charge on any atom is 0.252 e. The van der Waals surface area contributed by atoms with Crippen LogP contribution in [0, 0.1) is 5.92 Å². The number of ether oxygens (including phenoxy) is 1. The Morgan fingerprint density at radius 3 is 3.00 bits per heavy atom. The van der Waals surface area contributed by atoms with E-state index in [-0.39, 0.29) is 12.0 Å². The van der Waals surface area contributed by atoms with Crippen molar-refractivity contribution >= 4 is 22.6 Å². The predicted octanol–water partition coefficient (Wildman–Crippen LogP) is 3.38. The van der Waals surface area contributed by atoms with Crippen molar-refractivity contribution in [1.29, 1.82) is 0 Å². The molecule has 2 unspecified atom stereocenters. The number of para-hydroxylation sites is 1. The summed E-state index contributed by atoms with van der Waals surface area (Å²) in [4.78, 5) is 20.1. The fraction of sp³-hybridized carbons (Fsp3) is 0.524. The Hall–Kier alpha value is -2.14. The molecule has 1 aromatic heterocycles. The minimum absolute atomic E-state index is 0.0367. The molecule has 3 heterocycles. The van der Waals surface area contributed by atoms with Crippen LogP contribution >= 0.6 is 0 Å². The van der Waals surface area contributed by atoms with Crippen LogP contribution in [-0.2, 0) is 4.74 Å². The summed E-state index contributed by atoms with van der Waals surface area (Å²) in [6.07, 6.45) is 4.69. The average molecular weight is 353 g/mol. The summed E-state index contributed by atoms with van der Waals surface area (Å²) in [6, 6.07) is 9.87. The largest absolute Gasteiger partial charge is 0.376 e. The Balaban J connectivity index is 1.62. The molecular weight excluding hydrogens is 326 g/mol. The first kappa shape index (κ1) is 17.3. The van der Waals surface area contributed by atoms with E-state index in [1.165, 1.54) is 12.8 Å². The molecule has 4 rings (SSSR count). The van der Waals surface area contributed by atoms with Gasteiger partial charge in [0.05, 0.1) is 17.2 Å². The molecule has 2 aliphatic heterocycles. The zero-order valence-corrected chi connectivity index (χ0v) is 15.4. The number of amides is 1. The molecule has 0 aliphatic carbocycles. The van der Waals surface area contributed by atoms with Crippen molar-refractivity contribution in [1.82, 2.24) is 10.3 Å². The van der Waals surface area contributed by atoms with Gasteiger partial charge in [-0.1, -0.05) is 25.1 Å². The molecule has 138 valence electrons. The molecule has 0 saturated carbocycles. The summed E-state index contributed by atoms with van der Waals surface area (Å²) >= 11 is 0. The van der Waals surface area contributed by atoms with Crippen LogP contribution in [0.5, 0.6) is 0 Å². The highest BCUT2D eigenvalue weighted by molar-refractivity contribution is 6.07. The number of pyridine rings is 1. The first-order valence-corrected chi connectivity index (χ1v) is 9.75. The third-order valence-corrected chi connectivity index (χ3v) is 5.44. The van der Waals surface area contributed by atoms with Crippen LogP contribution in [-0.4, -0.2) is 43.2 Å². The van der Waals surface area contributed by atoms with Crippen LogP contribution in [0.25, 0.3) is 10.9 Å². The number of carbonyl (C=O) groups excluding carboxylic acids is 1. The standard InChI is InChI=1S/C21H27N3O2/c1-15-6-4-10-24(14-15)20-12-18(17-8-2-3-9-19(17)23-20)21(25)22-13-16-7-5-11-26-16/h2-3,8-9,12,15-16H,4-7,10-11,13-14H2,1H3,(H,22,25). The zero-order valence-electron chi connectivity index (χ0n) is 15.4. The second kappa shape index (κ2) is 7.62. The zero-order chi connectivity index (χ0) is 17.9.